The first-order valence-corrected chi connectivity index (χ1v) is 17.0. The van der Waals surface area contributed by atoms with Crippen LogP contribution in [0.4, 0.5) is 22.1 Å². The van der Waals surface area contributed by atoms with E-state index in [1.165, 1.54) is 0 Å². The van der Waals surface area contributed by atoms with Crippen LogP contribution in [0, 0.1) is 6.92 Å². The van der Waals surface area contributed by atoms with Crippen molar-refractivity contribution in [1.29, 1.82) is 0 Å². The predicted molar refractivity (Wildman–Crippen MR) is 188 cm³/mol. The number of aromatic nitrogens is 3. The number of rotatable bonds is 5. The Kier molecular flexibility index (Phi) is 9.20. The van der Waals surface area contributed by atoms with Crippen LogP contribution in [0.3, 0.4) is 0 Å². The van der Waals surface area contributed by atoms with Gasteiger partial charge in [-0.3, -0.25) is 9.69 Å². The van der Waals surface area contributed by atoms with Crippen LogP contribution in [-0.4, -0.2) is 108 Å². The van der Waals surface area contributed by atoms with Crippen LogP contribution in [0.2, 0.25) is 0 Å². The molecule has 3 saturated heterocycles. The quantitative estimate of drug-likeness (QED) is 0.403. The number of piperazine rings is 3. The van der Waals surface area contributed by atoms with Crippen LogP contribution < -0.4 is 20.3 Å². The molecule has 0 N–H and O–H groups in total. The van der Waals surface area contributed by atoms with Crippen molar-refractivity contribution in [2.45, 2.75) is 59.1 Å². The highest BCUT2D eigenvalue weighted by molar-refractivity contribution is 5.69. The number of carbonyl (C=O) groups excluding carboxylic acids is 1. The number of carbonyl (C=O) groups is 1. The Morgan fingerprint density at radius 3 is 2.19 bits per heavy atom. The van der Waals surface area contributed by atoms with Gasteiger partial charge in [-0.2, -0.15) is 0 Å². The average molecular weight is 643 g/mol. The van der Waals surface area contributed by atoms with Gasteiger partial charge in [-0.1, -0.05) is 13.8 Å². The molecule has 6 heterocycles. The Bertz CT molecular complexity index is 1610. The standard InChI is InChI=1S/C36H50N8O3/c1-25(2)33-30(27-20-26(3)34(45)39(7)22-27)9-11-32(38-33)44-19-13-40-12-18-43(23-29(40)24-44)28-8-10-31(37-21-28)41-14-16-42(17-15-41)35(46)47-36(4,5)6/h8-11,20-22,25,29H,12-19,23-24H2,1-7H3. The normalized spacial score (nSPS) is 19.3. The molecule has 3 aliphatic rings. The van der Waals surface area contributed by atoms with Crippen LogP contribution in [-0.2, 0) is 11.8 Å². The minimum atomic E-state index is -0.487. The molecule has 0 radical (unpaired) electrons. The van der Waals surface area contributed by atoms with Gasteiger partial charge in [-0.15, -0.1) is 0 Å². The number of hydrogen-bond donors (Lipinski definition) is 0. The summed E-state index contributed by atoms with van der Waals surface area (Å²) in [7, 11) is 1.81. The largest absolute Gasteiger partial charge is 0.444 e. The van der Waals surface area contributed by atoms with E-state index in [4.69, 9.17) is 14.7 Å². The molecule has 47 heavy (non-hydrogen) atoms. The van der Waals surface area contributed by atoms with Crippen molar-refractivity contribution in [3.63, 3.8) is 0 Å². The van der Waals surface area contributed by atoms with Gasteiger partial charge in [-0.05, 0) is 63.9 Å². The predicted octanol–water partition coefficient (Wildman–Crippen LogP) is 4.34. The minimum absolute atomic E-state index is 0.0331. The van der Waals surface area contributed by atoms with E-state index in [1.54, 1.807) is 9.47 Å². The van der Waals surface area contributed by atoms with Gasteiger partial charge in [0.25, 0.3) is 5.56 Å². The summed E-state index contributed by atoms with van der Waals surface area (Å²) >= 11 is 0. The number of pyridine rings is 3. The minimum Gasteiger partial charge on any atom is -0.444 e. The molecule has 1 atom stereocenters. The number of aryl methyl sites for hydroxylation is 2. The van der Waals surface area contributed by atoms with E-state index in [9.17, 15) is 9.59 Å². The van der Waals surface area contributed by atoms with Crippen LogP contribution in [0.1, 0.15) is 51.8 Å². The van der Waals surface area contributed by atoms with Crippen LogP contribution in [0.15, 0.2) is 47.5 Å². The van der Waals surface area contributed by atoms with Gasteiger partial charge < -0.3 is 28.9 Å². The summed E-state index contributed by atoms with van der Waals surface area (Å²) < 4.78 is 7.21. The van der Waals surface area contributed by atoms with Crippen LogP contribution >= 0.6 is 0 Å². The van der Waals surface area contributed by atoms with Gasteiger partial charge >= 0.3 is 6.09 Å². The summed E-state index contributed by atoms with van der Waals surface area (Å²) in [6, 6.07) is 11.0. The van der Waals surface area contributed by atoms with Gasteiger partial charge in [0, 0.05) is 101 Å². The van der Waals surface area contributed by atoms with E-state index in [0.717, 1.165) is 92.1 Å². The van der Waals surface area contributed by atoms with Gasteiger partial charge in [-0.25, -0.2) is 14.8 Å². The van der Waals surface area contributed by atoms with E-state index in [0.29, 0.717) is 19.1 Å². The Morgan fingerprint density at radius 2 is 1.55 bits per heavy atom. The maximum atomic E-state index is 12.5. The third-order valence-corrected chi connectivity index (χ3v) is 9.50. The summed E-state index contributed by atoms with van der Waals surface area (Å²) in [5.41, 5.74) is 4.61. The fourth-order valence-corrected chi connectivity index (χ4v) is 6.94. The molecule has 3 fully saturated rings. The second-order valence-electron chi connectivity index (χ2n) is 14.5. The van der Waals surface area contributed by atoms with E-state index in [2.05, 4.69) is 57.7 Å². The summed E-state index contributed by atoms with van der Waals surface area (Å²) in [5.74, 6) is 2.22. The highest BCUT2D eigenvalue weighted by Crippen LogP contribution is 2.32. The summed E-state index contributed by atoms with van der Waals surface area (Å²) in [4.78, 5) is 46.4. The van der Waals surface area contributed by atoms with Crippen molar-refractivity contribution in [1.82, 2.24) is 24.3 Å². The zero-order valence-corrected chi connectivity index (χ0v) is 29.1. The van der Waals surface area contributed by atoms with E-state index < -0.39 is 5.60 Å². The monoisotopic (exact) mass is 642 g/mol. The van der Waals surface area contributed by atoms with Gasteiger partial charge in [0.15, 0.2) is 0 Å². The molecule has 0 aromatic carbocycles. The molecule has 11 heteroatoms. The van der Waals surface area contributed by atoms with Crippen molar-refractivity contribution in [3.8, 4) is 11.1 Å². The fourth-order valence-electron chi connectivity index (χ4n) is 6.94. The average Bonchev–Trinajstić information content (AvgIpc) is 3.05. The number of ether oxygens (including phenoxy) is 1. The van der Waals surface area contributed by atoms with Gasteiger partial charge in [0.2, 0.25) is 0 Å². The van der Waals surface area contributed by atoms with Crippen LogP contribution in [0.25, 0.3) is 11.1 Å². The first kappa shape index (κ1) is 32.8. The molecule has 1 unspecified atom stereocenters. The van der Waals surface area contributed by atoms with E-state index in [1.807, 2.05) is 53.2 Å². The lowest BCUT2D eigenvalue weighted by Gasteiger charge is -2.48. The van der Waals surface area contributed by atoms with E-state index in [-0.39, 0.29) is 17.6 Å². The van der Waals surface area contributed by atoms with Crippen LogP contribution in [0.5, 0.6) is 0 Å². The lowest BCUT2D eigenvalue weighted by molar-refractivity contribution is 0.0240. The molecule has 11 nitrogen and oxygen atoms in total. The lowest BCUT2D eigenvalue weighted by atomic mass is 9.97. The molecular formula is C36H50N8O3. The molecule has 3 aliphatic heterocycles. The SMILES string of the molecule is Cc1cc(-c2ccc(N3CCN4CCN(c5ccc(N6CCN(C(=O)OC(C)(C)C)CC6)nc5)CC4C3)nc2C(C)C)cn(C)c1=O. The number of anilines is 3. The summed E-state index contributed by atoms with van der Waals surface area (Å²) in [6.07, 6.45) is 3.68. The smallest absolute Gasteiger partial charge is 0.410 e. The topological polar surface area (TPSA) is 90.3 Å². The third kappa shape index (κ3) is 7.25. The molecule has 1 amide bonds. The second kappa shape index (κ2) is 13.2. The molecule has 0 aliphatic carbocycles. The number of hydrogen-bond acceptors (Lipinski definition) is 9. The Labute approximate surface area is 278 Å². The maximum absolute atomic E-state index is 12.5. The molecule has 0 bridgehead atoms. The highest BCUT2D eigenvalue weighted by Gasteiger charge is 2.33. The van der Waals surface area contributed by atoms with Gasteiger partial charge in [0.05, 0.1) is 17.6 Å². The van der Waals surface area contributed by atoms with Crippen molar-refractivity contribution < 1.29 is 9.53 Å². The van der Waals surface area contributed by atoms with Crippen molar-refractivity contribution in [2.75, 3.05) is 80.1 Å². The summed E-state index contributed by atoms with van der Waals surface area (Å²) in [5, 5.41) is 0. The molecule has 0 saturated carbocycles. The van der Waals surface area contributed by atoms with Crippen molar-refractivity contribution in [2.24, 2.45) is 7.05 Å². The third-order valence-electron chi connectivity index (χ3n) is 9.50. The molecule has 0 spiro atoms. The Balaban J connectivity index is 1.09. The Morgan fingerprint density at radius 1 is 0.894 bits per heavy atom. The molecular weight excluding hydrogens is 592 g/mol. The number of fused-ring (bicyclic) bond motifs is 1. The zero-order chi connectivity index (χ0) is 33.5. The first-order valence-electron chi connectivity index (χ1n) is 17.0. The molecule has 252 valence electrons. The second-order valence-corrected chi connectivity index (χ2v) is 14.5. The summed E-state index contributed by atoms with van der Waals surface area (Å²) in [6.45, 7) is 20.5. The highest BCUT2D eigenvalue weighted by atomic mass is 16.6. The Hall–Kier alpha value is -4.12. The van der Waals surface area contributed by atoms with Gasteiger partial charge in [0.1, 0.15) is 17.2 Å². The van der Waals surface area contributed by atoms with E-state index >= 15 is 0 Å². The maximum Gasteiger partial charge on any atom is 0.410 e. The zero-order valence-electron chi connectivity index (χ0n) is 29.1. The number of amides is 1. The van der Waals surface area contributed by atoms with Crippen molar-refractivity contribution in [3.05, 3.63) is 64.3 Å². The molecule has 3 aromatic rings. The first-order chi connectivity index (χ1) is 22.4. The molecule has 3 aromatic heterocycles. The fraction of sp³-hybridized carbons (Fsp3) is 0.556. The van der Waals surface area contributed by atoms with Crippen molar-refractivity contribution >= 4 is 23.4 Å². The lowest BCUT2D eigenvalue weighted by Crippen LogP contribution is -2.62. The molecule has 6 rings (SSSR count). The number of nitrogens with zero attached hydrogens (tertiary/aromatic N) is 8.